The molecule has 0 saturated heterocycles. The summed E-state index contributed by atoms with van der Waals surface area (Å²) in [5.41, 5.74) is 4.30. The minimum atomic E-state index is 0.838. The zero-order chi connectivity index (χ0) is 14.2. The summed E-state index contributed by atoms with van der Waals surface area (Å²) in [5, 5.41) is 6.46. The fourth-order valence-corrected chi connectivity index (χ4v) is 4.72. The Bertz CT molecular complexity index is 788. The number of thiazole rings is 1. The van der Waals surface area contributed by atoms with E-state index in [1.165, 1.54) is 41.0 Å². The molecule has 5 heteroatoms. The summed E-state index contributed by atoms with van der Waals surface area (Å²) in [6.07, 6.45) is 5.87. The average Bonchev–Trinajstić information content (AvgIpc) is 3.17. The van der Waals surface area contributed by atoms with Gasteiger partial charge in [0.2, 0.25) is 0 Å². The van der Waals surface area contributed by atoms with Crippen molar-refractivity contribution in [2.75, 3.05) is 7.05 Å². The zero-order valence-electron chi connectivity index (χ0n) is 11.9. The summed E-state index contributed by atoms with van der Waals surface area (Å²) in [4.78, 5) is 7.16. The lowest BCUT2D eigenvalue weighted by Gasteiger charge is -2.05. The van der Waals surface area contributed by atoms with Crippen LogP contribution in [-0.4, -0.2) is 16.4 Å². The molecule has 0 saturated carbocycles. The molecule has 2 aromatic heterocycles. The van der Waals surface area contributed by atoms with Gasteiger partial charge in [0.1, 0.15) is 5.03 Å². The Balaban J connectivity index is 1.70. The van der Waals surface area contributed by atoms with Crippen molar-refractivity contribution < 1.29 is 0 Å². The van der Waals surface area contributed by atoms with Crippen molar-refractivity contribution in [3.05, 3.63) is 46.6 Å². The number of nitrogens with zero attached hydrogens (tertiary/aromatic N) is 2. The van der Waals surface area contributed by atoms with Crippen molar-refractivity contribution in [3.63, 3.8) is 0 Å². The summed E-state index contributed by atoms with van der Waals surface area (Å²) >= 11 is 3.47. The SMILES string of the molecule is CNCc1c(Sc2ccc3c(c2)CCC3)nc2sccn12. The molecule has 0 unspecified atom stereocenters. The summed E-state index contributed by atoms with van der Waals surface area (Å²) in [6, 6.07) is 6.88. The van der Waals surface area contributed by atoms with Crippen LogP contribution in [0.4, 0.5) is 0 Å². The Morgan fingerprint density at radius 3 is 3.14 bits per heavy atom. The van der Waals surface area contributed by atoms with Crippen LogP contribution in [0, 0.1) is 0 Å². The third-order valence-electron chi connectivity index (χ3n) is 3.95. The fraction of sp³-hybridized carbons (Fsp3) is 0.312. The third-order valence-corrected chi connectivity index (χ3v) is 5.72. The highest BCUT2D eigenvalue weighted by Crippen LogP contribution is 2.34. The molecule has 0 radical (unpaired) electrons. The molecular formula is C16H17N3S2. The summed E-state index contributed by atoms with van der Waals surface area (Å²) in [7, 11) is 1.98. The van der Waals surface area contributed by atoms with Crippen molar-refractivity contribution in [3.8, 4) is 0 Å². The van der Waals surface area contributed by atoms with Gasteiger partial charge in [-0.2, -0.15) is 0 Å². The topological polar surface area (TPSA) is 29.3 Å². The molecule has 0 amide bonds. The maximum Gasteiger partial charge on any atom is 0.194 e. The van der Waals surface area contributed by atoms with E-state index in [2.05, 4.69) is 39.5 Å². The number of aryl methyl sites for hydroxylation is 2. The second-order valence-electron chi connectivity index (χ2n) is 5.34. The number of nitrogens with one attached hydrogen (secondary N) is 1. The van der Waals surface area contributed by atoms with E-state index in [9.17, 15) is 0 Å². The van der Waals surface area contributed by atoms with E-state index in [1.54, 1.807) is 23.1 Å². The fourth-order valence-electron chi connectivity index (χ4n) is 2.95. The van der Waals surface area contributed by atoms with E-state index in [0.717, 1.165) is 16.5 Å². The Morgan fingerprint density at radius 2 is 2.24 bits per heavy atom. The second kappa shape index (κ2) is 5.48. The molecule has 21 heavy (non-hydrogen) atoms. The number of benzene rings is 1. The Labute approximate surface area is 132 Å². The first-order valence-corrected chi connectivity index (χ1v) is 8.93. The van der Waals surface area contributed by atoms with Crippen molar-refractivity contribution in [1.29, 1.82) is 0 Å². The first kappa shape index (κ1) is 13.4. The maximum absolute atomic E-state index is 4.78. The van der Waals surface area contributed by atoms with E-state index in [1.807, 2.05) is 7.05 Å². The first-order chi connectivity index (χ1) is 10.3. The van der Waals surface area contributed by atoms with Crippen molar-refractivity contribution >= 4 is 28.1 Å². The first-order valence-electron chi connectivity index (χ1n) is 7.24. The lowest BCUT2D eigenvalue weighted by atomic mass is 10.1. The molecule has 0 spiro atoms. The van der Waals surface area contributed by atoms with Gasteiger partial charge in [0.15, 0.2) is 4.96 Å². The van der Waals surface area contributed by atoms with Crippen LogP contribution in [-0.2, 0) is 19.4 Å². The molecule has 108 valence electrons. The van der Waals surface area contributed by atoms with Crippen molar-refractivity contribution in [2.24, 2.45) is 0 Å². The molecule has 1 aliphatic carbocycles. The van der Waals surface area contributed by atoms with Crippen LogP contribution in [0.15, 0.2) is 39.7 Å². The summed E-state index contributed by atoms with van der Waals surface area (Å²) in [6.45, 7) is 0.838. The van der Waals surface area contributed by atoms with Gasteiger partial charge in [-0.15, -0.1) is 11.3 Å². The van der Waals surface area contributed by atoms with Gasteiger partial charge in [-0.05, 0) is 49.6 Å². The summed E-state index contributed by atoms with van der Waals surface area (Å²) < 4.78 is 2.19. The number of fused-ring (bicyclic) bond motifs is 2. The lowest BCUT2D eigenvalue weighted by Crippen LogP contribution is -2.08. The molecule has 4 rings (SSSR count). The number of imidazole rings is 1. The van der Waals surface area contributed by atoms with Gasteiger partial charge in [-0.25, -0.2) is 4.98 Å². The minimum Gasteiger partial charge on any atom is -0.314 e. The predicted octanol–water partition coefficient (Wildman–Crippen LogP) is 3.76. The molecule has 2 heterocycles. The minimum absolute atomic E-state index is 0.838. The van der Waals surface area contributed by atoms with Gasteiger partial charge in [-0.1, -0.05) is 17.8 Å². The molecule has 0 bridgehead atoms. The molecule has 1 aromatic carbocycles. The van der Waals surface area contributed by atoms with Crippen molar-refractivity contribution in [2.45, 2.75) is 35.7 Å². The number of hydrogen-bond donors (Lipinski definition) is 1. The van der Waals surface area contributed by atoms with Crippen LogP contribution in [0.1, 0.15) is 23.2 Å². The Kier molecular flexibility index (Phi) is 3.49. The molecule has 3 nitrogen and oxygen atoms in total. The van der Waals surface area contributed by atoms with Crippen LogP contribution in [0.25, 0.3) is 4.96 Å². The third kappa shape index (κ3) is 2.39. The lowest BCUT2D eigenvalue weighted by molar-refractivity contribution is 0.765. The standard InChI is InChI=1S/C16H17N3S2/c1-17-10-14-15(18-16-19(14)7-8-20-16)21-13-6-5-11-3-2-4-12(11)9-13/h5-9,17H,2-4,10H2,1H3. The van der Waals surface area contributed by atoms with Crippen LogP contribution in [0.5, 0.6) is 0 Å². The van der Waals surface area contributed by atoms with Gasteiger partial charge < -0.3 is 5.32 Å². The smallest absolute Gasteiger partial charge is 0.194 e. The van der Waals surface area contributed by atoms with E-state index >= 15 is 0 Å². The normalized spacial score (nSPS) is 14.0. The highest BCUT2D eigenvalue weighted by Gasteiger charge is 2.16. The van der Waals surface area contributed by atoms with E-state index in [4.69, 9.17) is 4.98 Å². The van der Waals surface area contributed by atoms with Crippen LogP contribution in [0.2, 0.25) is 0 Å². The monoisotopic (exact) mass is 315 g/mol. The molecule has 1 N–H and O–H groups in total. The highest BCUT2D eigenvalue weighted by molar-refractivity contribution is 7.99. The van der Waals surface area contributed by atoms with E-state index < -0.39 is 0 Å². The quantitative estimate of drug-likeness (QED) is 0.795. The average molecular weight is 315 g/mol. The highest BCUT2D eigenvalue weighted by atomic mass is 32.2. The molecule has 0 fully saturated rings. The number of hydrogen-bond acceptors (Lipinski definition) is 4. The largest absolute Gasteiger partial charge is 0.314 e. The van der Waals surface area contributed by atoms with Crippen LogP contribution in [0.3, 0.4) is 0 Å². The van der Waals surface area contributed by atoms with Gasteiger partial charge in [0, 0.05) is 23.0 Å². The molecule has 1 aliphatic rings. The van der Waals surface area contributed by atoms with Crippen LogP contribution >= 0.6 is 23.1 Å². The summed E-state index contributed by atoms with van der Waals surface area (Å²) in [5.74, 6) is 0. The van der Waals surface area contributed by atoms with Gasteiger partial charge in [-0.3, -0.25) is 4.40 Å². The van der Waals surface area contributed by atoms with Crippen molar-refractivity contribution in [1.82, 2.24) is 14.7 Å². The molecular weight excluding hydrogens is 298 g/mol. The Hall–Kier alpha value is -1.30. The van der Waals surface area contributed by atoms with E-state index in [0.29, 0.717) is 0 Å². The van der Waals surface area contributed by atoms with Gasteiger partial charge in [0.25, 0.3) is 0 Å². The van der Waals surface area contributed by atoms with Gasteiger partial charge in [0.05, 0.1) is 5.69 Å². The van der Waals surface area contributed by atoms with E-state index in [-0.39, 0.29) is 0 Å². The maximum atomic E-state index is 4.78. The molecule has 0 atom stereocenters. The second-order valence-corrected chi connectivity index (χ2v) is 7.27. The number of rotatable bonds is 4. The molecule has 0 aliphatic heterocycles. The van der Waals surface area contributed by atoms with Gasteiger partial charge >= 0.3 is 0 Å². The predicted molar refractivity (Wildman–Crippen MR) is 88.4 cm³/mol. The zero-order valence-corrected chi connectivity index (χ0v) is 13.6. The van der Waals surface area contributed by atoms with Crippen LogP contribution < -0.4 is 5.32 Å². The molecule has 3 aromatic rings. The number of aromatic nitrogens is 2. The Morgan fingerprint density at radius 1 is 1.33 bits per heavy atom.